The lowest BCUT2D eigenvalue weighted by Gasteiger charge is -2.27. The van der Waals surface area contributed by atoms with Gasteiger partial charge in [-0.3, -0.25) is 10.1 Å². The van der Waals surface area contributed by atoms with Crippen molar-refractivity contribution in [1.82, 2.24) is 0 Å². The molecule has 5 N–H and O–H groups in total. The Balaban J connectivity index is 1.70. The predicted octanol–water partition coefficient (Wildman–Crippen LogP) is 8.19. The second-order valence-corrected chi connectivity index (χ2v) is 11.3. The first-order chi connectivity index (χ1) is 19.7. The van der Waals surface area contributed by atoms with Crippen molar-refractivity contribution < 1.29 is 24.2 Å². The van der Waals surface area contributed by atoms with Crippen molar-refractivity contribution in [3.8, 4) is 11.5 Å². The number of ether oxygens (including phenoxy) is 2. The number of hydrogen-bond acceptors (Lipinski definition) is 6. The molecule has 8 nitrogen and oxygen atoms in total. The van der Waals surface area contributed by atoms with E-state index in [4.69, 9.17) is 15.2 Å². The summed E-state index contributed by atoms with van der Waals surface area (Å²) in [5, 5.41) is 16.4. The number of phenols is 1. The number of amides is 2. The van der Waals surface area contributed by atoms with Gasteiger partial charge >= 0.3 is 6.09 Å². The van der Waals surface area contributed by atoms with Gasteiger partial charge in [0.15, 0.2) is 12.2 Å². The number of carbonyl (C=O) groups is 2. The van der Waals surface area contributed by atoms with Crippen molar-refractivity contribution in [2.45, 2.75) is 12.2 Å². The molecule has 210 valence electrons. The first kappa shape index (κ1) is 30.2. The Morgan fingerprint density at radius 2 is 1.54 bits per heavy atom. The van der Waals surface area contributed by atoms with E-state index < -0.39 is 24.2 Å². The fraction of sp³-hybridized carbons (Fsp3) is 0.0667. The zero-order valence-electron chi connectivity index (χ0n) is 21.3. The van der Waals surface area contributed by atoms with E-state index >= 15 is 0 Å². The van der Waals surface area contributed by atoms with Gasteiger partial charge in [-0.05, 0) is 82.7 Å². The molecule has 2 amide bonds. The average Bonchev–Trinajstić information content (AvgIpc) is 2.95. The van der Waals surface area contributed by atoms with Crippen LogP contribution in [0.2, 0.25) is 0 Å². The number of aromatic hydroxyl groups is 1. The van der Waals surface area contributed by atoms with E-state index in [1.165, 1.54) is 12.2 Å². The molecule has 0 aliphatic rings. The van der Waals surface area contributed by atoms with Gasteiger partial charge in [0.1, 0.15) is 11.5 Å². The molecule has 41 heavy (non-hydrogen) atoms. The number of rotatable bonds is 9. The molecule has 0 aliphatic heterocycles. The highest BCUT2D eigenvalue weighted by Crippen LogP contribution is 2.39. The molecule has 2 atom stereocenters. The zero-order valence-corrected chi connectivity index (χ0v) is 26.0. The Labute approximate surface area is 261 Å². The van der Waals surface area contributed by atoms with Crippen LogP contribution in [0.1, 0.15) is 11.7 Å². The Morgan fingerprint density at radius 3 is 2.24 bits per heavy atom. The summed E-state index contributed by atoms with van der Waals surface area (Å²) >= 11 is 10.1. The van der Waals surface area contributed by atoms with Gasteiger partial charge in [-0.1, -0.05) is 62.2 Å². The largest absolute Gasteiger partial charge is 0.506 e. The molecule has 0 radical (unpaired) electrons. The summed E-state index contributed by atoms with van der Waals surface area (Å²) in [4.78, 5) is 26.0. The fourth-order valence-corrected chi connectivity index (χ4v) is 5.25. The van der Waals surface area contributed by atoms with Gasteiger partial charge in [-0.2, -0.15) is 0 Å². The van der Waals surface area contributed by atoms with E-state index in [9.17, 15) is 14.7 Å². The van der Waals surface area contributed by atoms with E-state index in [0.717, 1.165) is 4.47 Å². The number of nitrogen functional groups attached to an aromatic ring is 1. The van der Waals surface area contributed by atoms with Gasteiger partial charge < -0.3 is 25.6 Å². The van der Waals surface area contributed by atoms with Crippen LogP contribution in [-0.4, -0.2) is 23.2 Å². The Morgan fingerprint density at radius 1 is 0.854 bits per heavy atom. The van der Waals surface area contributed by atoms with Crippen molar-refractivity contribution >= 4 is 76.9 Å². The molecule has 4 aromatic rings. The molecule has 0 heterocycles. The standard InChI is InChI=1S/C30H24Br3N3O5/c31-18-10-12-20(13-11-18)35-30(39)41-29(22-16-19(32)17-23(33)28(22)38)26(40-21-6-2-1-3-7-21)14-15-27(37)36-25-9-5-4-8-24(25)34/h1-17,26,29,38H,34H2,(H,35,39)(H,36,37)/b15-14+/t26-,29-/m0/s1. The predicted molar refractivity (Wildman–Crippen MR) is 170 cm³/mol. The maximum Gasteiger partial charge on any atom is 0.412 e. The summed E-state index contributed by atoms with van der Waals surface area (Å²) in [6.07, 6.45) is -0.353. The molecule has 0 aliphatic carbocycles. The molecule has 0 fully saturated rings. The third kappa shape index (κ3) is 8.59. The summed E-state index contributed by atoms with van der Waals surface area (Å²) in [7, 11) is 0. The molecule has 0 saturated carbocycles. The molecule has 11 heteroatoms. The third-order valence-electron chi connectivity index (χ3n) is 5.66. The van der Waals surface area contributed by atoms with Crippen LogP contribution in [0.25, 0.3) is 0 Å². The second-order valence-electron chi connectivity index (χ2n) is 8.61. The van der Waals surface area contributed by atoms with Gasteiger partial charge in [0.05, 0.1) is 15.8 Å². The lowest BCUT2D eigenvalue weighted by atomic mass is 10.0. The summed E-state index contributed by atoms with van der Waals surface area (Å²) < 4.78 is 13.9. The molecule has 0 spiro atoms. The first-order valence-corrected chi connectivity index (χ1v) is 14.5. The van der Waals surface area contributed by atoms with Gasteiger partial charge in [-0.25, -0.2) is 4.79 Å². The van der Waals surface area contributed by atoms with E-state index in [-0.39, 0.29) is 11.3 Å². The third-order valence-corrected chi connectivity index (χ3v) is 7.25. The van der Waals surface area contributed by atoms with Crippen LogP contribution in [0, 0.1) is 0 Å². The van der Waals surface area contributed by atoms with Crippen molar-refractivity contribution in [3.63, 3.8) is 0 Å². The minimum atomic E-state index is -1.20. The number of benzene rings is 4. The summed E-state index contributed by atoms with van der Waals surface area (Å²) in [6.45, 7) is 0. The number of para-hydroxylation sites is 3. The van der Waals surface area contributed by atoms with Crippen LogP contribution in [0.4, 0.5) is 21.9 Å². The number of hydrogen-bond donors (Lipinski definition) is 4. The maximum atomic E-state index is 13.1. The van der Waals surface area contributed by atoms with Crippen molar-refractivity contribution in [1.29, 1.82) is 0 Å². The van der Waals surface area contributed by atoms with Crippen molar-refractivity contribution in [2.24, 2.45) is 0 Å². The lowest BCUT2D eigenvalue weighted by Crippen LogP contribution is -2.30. The minimum absolute atomic E-state index is 0.161. The fourth-order valence-electron chi connectivity index (χ4n) is 3.73. The van der Waals surface area contributed by atoms with E-state index in [1.807, 2.05) is 6.07 Å². The Kier molecular flexibility index (Phi) is 10.4. The summed E-state index contributed by atoms with van der Waals surface area (Å²) in [5.41, 5.74) is 7.53. The highest BCUT2D eigenvalue weighted by molar-refractivity contribution is 9.11. The molecule has 0 bridgehead atoms. The molecular weight excluding hydrogens is 722 g/mol. The molecule has 0 unspecified atom stereocenters. The quantitative estimate of drug-likeness (QED) is 0.101. The number of carbonyl (C=O) groups excluding carboxylic acids is 2. The second kappa shape index (κ2) is 14.2. The van der Waals surface area contributed by atoms with E-state index in [2.05, 4.69) is 58.4 Å². The van der Waals surface area contributed by atoms with Gasteiger partial charge in [0.25, 0.3) is 0 Å². The van der Waals surface area contributed by atoms with E-state index in [1.54, 1.807) is 84.9 Å². The monoisotopic (exact) mass is 743 g/mol. The zero-order chi connectivity index (χ0) is 29.4. The lowest BCUT2D eigenvalue weighted by molar-refractivity contribution is -0.112. The topological polar surface area (TPSA) is 123 Å². The normalized spacial score (nSPS) is 12.4. The Bertz CT molecular complexity index is 1550. The van der Waals surface area contributed by atoms with Crippen LogP contribution >= 0.6 is 47.8 Å². The van der Waals surface area contributed by atoms with Crippen LogP contribution in [-0.2, 0) is 9.53 Å². The number of phenolic OH excluding ortho intramolecular Hbond substituents is 1. The van der Waals surface area contributed by atoms with Crippen LogP contribution in [0.15, 0.2) is 117 Å². The van der Waals surface area contributed by atoms with Gasteiger partial charge in [-0.15, -0.1) is 0 Å². The molecule has 0 saturated heterocycles. The summed E-state index contributed by atoms with van der Waals surface area (Å²) in [6, 6.07) is 25.9. The number of nitrogens with two attached hydrogens (primary N) is 1. The van der Waals surface area contributed by atoms with Crippen LogP contribution in [0.5, 0.6) is 11.5 Å². The molecule has 4 aromatic carbocycles. The molecule has 0 aromatic heterocycles. The maximum absolute atomic E-state index is 13.1. The number of halogens is 3. The smallest absolute Gasteiger partial charge is 0.412 e. The SMILES string of the molecule is Nc1ccccc1NC(=O)/C=C/[C@H](Oc1ccccc1)[C@@H](OC(=O)Nc1ccc(Br)cc1)c1cc(Br)cc(Br)c1O. The van der Waals surface area contributed by atoms with Gasteiger partial charge in [0.2, 0.25) is 5.91 Å². The molecule has 4 rings (SSSR count). The van der Waals surface area contributed by atoms with Crippen molar-refractivity contribution in [2.75, 3.05) is 16.4 Å². The molecular formula is C30H24Br3N3O5. The summed E-state index contributed by atoms with van der Waals surface area (Å²) in [5.74, 6) is -0.196. The number of nitrogens with one attached hydrogen (secondary N) is 2. The highest BCUT2D eigenvalue weighted by Gasteiger charge is 2.31. The minimum Gasteiger partial charge on any atom is -0.506 e. The van der Waals surface area contributed by atoms with Crippen LogP contribution < -0.4 is 21.1 Å². The van der Waals surface area contributed by atoms with Crippen molar-refractivity contribution in [3.05, 3.63) is 122 Å². The van der Waals surface area contributed by atoms with E-state index in [0.29, 0.717) is 31.8 Å². The first-order valence-electron chi connectivity index (χ1n) is 12.2. The highest BCUT2D eigenvalue weighted by atomic mass is 79.9. The van der Waals surface area contributed by atoms with Crippen LogP contribution in [0.3, 0.4) is 0 Å². The Hall–Kier alpha value is -3.80. The average molecular weight is 746 g/mol. The number of anilines is 3. The van der Waals surface area contributed by atoms with Gasteiger partial charge in [0, 0.05) is 26.3 Å².